The monoisotopic (exact) mass is 374 g/mol. The van der Waals surface area contributed by atoms with Gasteiger partial charge in [0.15, 0.2) is 0 Å². The van der Waals surface area contributed by atoms with Gasteiger partial charge in [0.2, 0.25) is 0 Å². The number of benzene rings is 1. The fourth-order valence-electron chi connectivity index (χ4n) is 1.40. The van der Waals surface area contributed by atoms with Crippen LogP contribution in [0.3, 0.4) is 0 Å². The quantitative estimate of drug-likeness (QED) is 0.831. The van der Waals surface area contributed by atoms with Gasteiger partial charge in [-0.1, -0.05) is 27.7 Å². The van der Waals surface area contributed by atoms with E-state index in [0.29, 0.717) is 0 Å². The summed E-state index contributed by atoms with van der Waals surface area (Å²) in [5.41, 5.74) is 0. The predicted octanol–water partition coefficient (Wildman–Crippen LogP) is 3.83. The zero-order chi connectivity index (χ0) is 14.5. The largest absolute Gasteiger partial charge is 0.497 e. The molecule has 2 rings (SSSR count). The van der Waals surface area contributed by atoms with Crippen LogP contribution < -0.4 is 10.1 Å². The minimum atomic E-state index is -1.05. The molecule has 0 saturated carbocycles. The molecular weight excluding hydrogens is 364 g/mol. The van der Waals surface area contributed by atoms with E-state index in [4.69, 9.17) is 9.84 Å². The number of carbonyl (C=O) groups is 1. The average molecular weight is 375 g/mol. The van der Waals surface area contributed by atoms with Crippen LogP contribution in [0.15, 0.2) is 38.0 Å². The summed E-state index contributed by atoms with van der Waals surface area (Å²) < 4.78 is 7.15. The van der Waals surface area contributed by atoms with Crippen molar-refractivity contribution in [2.24, 2.45) is 0 Å². The molecule has 2 aromatic rings. The van der Waals surface area contributed by atoms with Crippen LogP contribution in [0.4, 0.5) is 4.79 Å². The van der Waals surface area contributed by atoms with Crippen molar-refractivity contribution in [1.29, 1.82) is 0 Å². The van der Waals surface area contributed by atoms with E-state index in [1.807, 2.05) is 18.2 Å². The Morgan fingerprint density at radius 2 is 2.35 bits per heavy atom. The van der Waals surface area contributed by atoms with Crippen molar-refractivity contribution in [3.63, 3.8) is 0 Å². The van der Waals surface area contributed by atoms with Gasteiger partial charge in [0, 0.05) is 9.37 Å². The summed E-state index contributed by atoms with van der Waals surface area (Å²) in [5.74, 6) is 0.777. The number of amides is 1. The van der Waals surface area contributed by atoms with Crippen LogP contribution in [0.5, 0.6) is 5.75 Å². The Hall–Kier alpha value is -1.25. The molecule has 5 nitrogen and oxygen atoms in total. The van der Waals surface area contributed by atoms with Crippen LogP contribution in [0.2, 0.25) is 0 Å². The summed E-state index contributed by atoms with van der Waals surface area (Å²) in [7, 11) is 1.62. The zero-order valence-electron chi connectivity index (χ0n) is 10.4. The minimum absolute atomic E-state index is 0.225. The number of carboxylic acid groups (broad SMARTS) is 1. The van der Waals surface area contributed by atoms with E-state index in [1.54, 1.807) is 25.1 Å². The molecule has 20 heavy (non-hydrogen) atoms. The number of aromatic nitrogens is 1. The lowest BCUT2D eigenvalue weighted by Gasteiger charge is -2.04. The predicted molar refractivity (Wildman–Crippen MR) is 81.8 cm³/mol. The number of hydrogen-bond donors (Lipinski definition) is 2. The molecule has 0 spiro atoms. The van der Waals surface area contributed by atoms with E-state index >= 15 is 0 Å². The van der Waals surface area contributed by atoms with Crippen LogP contribution in [-0.4, -0.2) is 23.3 Å². The molecule has 0 atom stereocenters. The van der Waals surface area contributed by atoms with Crippen molar-refractivity contribution in [2.45, 2.75) is 15.6 Å². The molecule has 1 amide bonds. The van der Waals surface area contributed by atoms with E-state index in [2.05, 4.69) is 26.2 Å². The van der Waals surface area contributed by atoms with Crippen LogP contribution in [0.25, 0.3) is 0 Å². The molecule has 0 fully saturated rings. The van der Waals surface area contributed by atoms with E-state index in [1.165, 1.54) is 11.3 Å². The molecule has 0 aliphatic heterocycles. The Morgan fingerprint density at radius 3 is 3.05 bits per heavy atom. The van der Waals surface area contributed by atoms with Gasteiger partial charge in [-0.05, 0) is 18.2 Å². The highest BCUT2D eigenvalue weighted by Crippen LogP contribution is 2.35. The molecular formula is C12H11BrN2O3S2. The van der Waals surface area contributed by atoms with Gasteiger partial charge in [-0.2, -0.15) is 0 Å². The number of thiazole rings is 1. The Morgan fingerprint density at radius 1 is 1.55 bits per heavy atom. The van der Waals surface area contributed by atoms with Crippen molar-refractivity contribution >= 4 is 45.1 Å². The Kier molecular flexibility index (Phi) is 5.27. The minimum Gasteiger partial charge on any atom is -0.497 e. The highest BCUT2D eigenvalue weighted by atomic mass is 79.9. The molecule has 0 radical (unpaired) electrons. The number of nitrogens with zero attached hydrogens (tertiary/aromatic N) is 1. The standard InChI is InChI=1S/C12H11BrN2O3S2/c1-18-8-2-7(13)3-9(4-8)19-11-6-14-10(20-11)5-15-12(16)17/h2-4,6,15H,5H2,1H3,(H,16,17). The lowest BCUT2D eigenvalue weighted by atomic mass is 10.3. The number of hydrogen-bond acceptors (Lipinski definition) is 5. The molecule has 0 bridgehead atoms. The number of nitrogens with one attached hydrogen (secondary N) is 1. The fourth-order valence-corrected chi connectivity index (χ4v) is 4.06. The third kappa shape index (κ3) is 4.39. The summed E-state index contributed by atoms with van der Waals surface area (Å²) >= 11 is 6.45. The maximum absolute atomic E-state index is 10.4. The SMILES string of the molecule is COc1cc(Br)cc(Sc2cnc(CNC(=O)O)s2)c1. The van der Waals surface area contributed by atoms with E-state index in [0.717, 1.165) is 24.3 Å². The van der Waals surface area contributed by atoms with Crippen LogP contribution in [0.1, 0.15) is 5.01 Å². The van der Waals surface area contributed by atoms with Gasteiger partial charge in [0.1, 0.15) is 10.8 Å². The third-order valence-electron chi connectivity index (χ3n) is 2.22. The van der Waals surface area contributed by atoms with Gasteiger partial charge in [-0.15, -0.1) is 11.3 Å². The van der Waals surface area contributed by atoms with Crippen LogP contribution >= 0.6 is 39.0 Å². The van der Waals surface area contributed by atoms with Gasteiger partial charge >= 0.3 is 6.09 Å². The molecule has 0 aliphatic carbocycles. The number of ether oxygens (including phenoxy) is 1. The van der Waals surface area contributed by atoms with Crippen molar-refractivity contribution in [3.8, 4) is 5.75 Å². The molecule has 1 heterocycles. The Labute approximate surface area is 132 Å². The van der Waals surface area contributed by atoms with Gasteiger partial charge in [0.25, 0.3) is 0 Å². The molecule has 0 aliphatic rings. The summed E-state index contributed by atoms with van der Waals surface area (Å²) in [6, 6.07) is 5.81. The summed E-state index contributed by atoms with van der Waals surface area (Å²) in [6.45, 7) is 0.225. The lowest BCUT2D eigenvalue weighted by molar-refractivity contribution is 0.194. The smallest absolute Gasteiger partial charge is 0.405 e. The third-order valence-corrected chi connectivity index (χ3v) is 4.75. The van der Waals surface area contributed by atoms with E-state index < -0.39 is 6.09 Å². The summed E-state index contributed by atoms with van der Waals surface area (Å²) in [4.78, 5) is 15.6. The molecule has 0 unspecified atom stereocenters. The number of methoxy groups -OCH3 is 1. The molecule has 1 aromatic carbocycles. The maximum Gasteiger partial charge on any atom is 0.405 e. The molecule has 0 saturated heterocycles. The van der Waals surface area contributed by atoms with Gasteiger partial charge in [-0.3, -0.25) is 0 Å². The van der Waals surface area contributed by atoms with Crippen LogP contribution in [-0.2, 0) is 6.54 Å². The first-order chi connectivity index (χ1) is 9.56. The van der Waals surface area contributed by atoms with Crippen molar-refractivity contribution in [2.75, 3.05) is 7.11 Å². The first-order valence-corrected chi connectivity index (χ1v) is 7.93. The van der Waals surface area contributed by atoms with Crippen LogP contribution in [0, 0.1) is 0 Å². The molecule has 106 valence electrons. The lowest BCUT2D eigenvalue weighted by Crippen LogP contribution is -2.19. The second-order valence-electron chi connectivity index (χ2n) is 3.66. The normalized spacial score (nSPS) is 10.3. The highest BCUT2D eigenvalue weighted by Gasteiger charge is 2.07. The topological polar surface area (TPSA) is 71.5 Å². The molecule has 1 aromatic heterocycles. The molecule has 2 N–H and O–H groups in total. The second kappa shape index (κ2) is 6.96. The van der Waals surface area contributed by atoms with Gasteiger partial charge in [-0.25, -0.2) is 9.78 Å². The fraction of sp³-hybridized carbons (Fsp3) is 0.167. The maximum atomic E-state index is 10.4. The number of halogens is 1. The number of rotatable bonds is 5. The summed E-state index contributed by atoms with van der Waals surface area (Å²) in [6.07, 6.45) is 0.688. The Bertz CT molecular complexity index is 618. The first kappa shape index (κ1) is 15.1. The van der Waals surface area contributed by atoms with Crippen molar-refractivity contribution < 1.29 is 14.6 Å². The molecule has 8 heteroatoms. The first-order valence-electron chi connectivity index (χ1n) is 5.51. The van der Waals surface area contributed by atoms with E-state index in [-0.39, 0.29) is 6.54 Å². The average Bonchev–Trinajstić information content (AvgIpc) is 2.83. The van der Waals surface area contributed by atoms with Crippen molar-refractivity contribution in [1.82, 2.24) is 10.3 Å². The van der Waals surface area contributed by atoms with E-state index in [9.17, 15) is 4.79 Å². The van der Waals surface area contributed by atoms with Gasteiger partial charge < -0.3 is 15.2 Å². The Balaban J connectivity index is 2.06. The zero-order valence-corrected chi connectivity index (χ0v) is 13.6. The summed E-state index contributed by atoms with van der Waals surface area (Å²) in [5, 5.41) is 11.6. The van der Waals surface area contributed by atoms with Crippen molar-refractivity contribution in [3.05, 3.63) is 33.9 Å². The second-order valence-corrected chi connectivity index (χ2v) is 7.07. The van der Waals surface area contributed by atoms with Gasteiger partial charge in [0.05, 0.1) is 24.1 Å². The highest BCUT2D eigenvalue weighted by molar-refractivity contribution is 9.10.